The number of methoxy groups -OCH3 is 1. The first kappa shape index (κ1) is 16.8. The number of likely N-dealkylation sites (N-methyl/N-ethyl adjacent to an activating group) is 2. The predicted molar refractivity (Wildman–Crippen MR) is 72.4 cm³/mol. The molecule has 2 unspecified atom stereocenters. The molecule has 0 aromatic rings. The van der Waals surface area contributed by atoms with Gasteiger partial charge in [-0.15, -0.1) is 0 Å². The molecule has 2 N–H and O–H groups in total. The standard InChI is InChI=1S/C13H30N2O2/c1-6-13(11-16,14-3)8-7-9-15(4)12(2)10-17-5/h12,14,16H,6-11H2,1-5H3. The van der Waals surface area contributed by atoms with E-state index in [1.807, 2.05) is 7.05 Å². The molecule has 4 nitrogen and oxygen atoms in total. The van der Waals surface area contributed by atoms with Gasteiger partial charge in [0.15, 0.2) is 0 Å². The lowest BCUT2D eigenvalue weighted by molar-refractivity contribution is 0.107. The Bertz CT molecular complexity index is 176. The van der Waals surface area contributed by atoms with Gasteiger partial charge in [-0.3, -0.25) is 0 Å². The van der Waals surface area contributed by atoms with Crippen LogP contribution >= 0.6 is 0 Å². The summed E-state index contributed by atoms with van der Waals surface area (Å²) >= 11 is 0. The first-order valence-electron chi connectivity index (χ1n) is 6.54. The quantitative estimate of drug-likeness (QED) is 0.606. The molecule has 0 aromatic carbocycles. The van der Waals surface area contributed by atoms with Crippen molar-refractivity contribution in [2.75, 3.05) is 41.0 Å². The third-order valence-corrected chi connectivity index (χ3v) is 3.84. The van der Waals surface area contributed by atoms with Gasteiger partial charge < -0.3 is 20.1 Å². The zero-order chi connectivity index (χ0) is 13.3. The van der Waals surface area contributed by atoms with Crippen molar-refractivity contribution in [1.29, 1.82) is 0 Å². The lowest BCUT2D eigenvalue weighted by atomic mass is 9.91. The highest BCUT2D eigenvalue weighted by atomic mass is 16.5. The minimum atomic E-state index is -0.106. The van der Waals surface area contributed by atoms with Gasteiger partial charge in [0, 0.05) is 18.7 Å². The van der Waals surface area contributed by atoms with E-state index in [0.29, 0.717) is 6.04 Å². The molecule has 0 spiro atoms. The monoisotopic (exact) mass is 246 g/mol. The Labute approximate surface area is 106 Å². The maximum atomic E-state index is 9.44. The molecule has 17 heavy (non-hydrogen) atoms. The number of ether oxygens (including phenoxy) is 1. The molecule has 2 atom stereocenters. The van der Waals surface area contributed by atoms with Gasteiger partial charge in [0.1, 0.15) is 0 Å². The highest BCUT2D eigenvalue weighted by Crippen LogP contribution is 2.16. The second kappa shape index (κ2) is 8.86. The van der Waals surface area contributed by atoms with Crippen molar-refractivity contribution >= 4 is 0 Å². The van der Waals surface area contributed by atoms with Gasteiger partial charge in [0.05, 0.1) is 13.2 Å². The maximum Gasteiger partial charge on any atom is 0.0615 e. The fourth-order valence-corrected chi connectivity index (χ4v) is 2.00. The Hall–Kier alpha value is -0.160. The third kappa shape index (κ3) is 5.82. The summed E-state index contributed by atoms with van der Waals surface area (Å²) in [6.45, 7) is 6.29. The number of hydrogen-bond acceptors (Lipinski definition) is 4. The van der Waals surface area contributed by atoms with Gasteiger partial charge in [0.2, 0.25) is 0 Å². The molecular formula is C13H30N2O2. The Morgan fingerprint density at radius 3 is 2.53 bits per heavy atom. The molecule has 0 radical (unpaired) electrons. The van der Waals surface area contributed by atoms with Crippen LogP contribution in [0, 0.1) is 0 Å². The molecular weight excluding hydrogens is 216 g/mol. The lowest BCUT2D eigenvalue weighted by Crippen LogP contribution is -2.46. The Kier molecular flexibility index (Phi) is 8.78. The molecule has 0 saturated carbocycles. The first-order chi connectivity index (χ1) is 8.05. The van der Waals surface area contributed by atoms with E-state index in [4.69, 9.17) is 4.74 Å². The molecule has 0 aliphatic carbocycles. The predicted octanol–water partition coefficient (Wildman–Crippen LogP) is 1.09. The number of rotatable bonds is 10. The van der Waals surface area contributed by atoms with E-state index < -0.39 is 0 Å². The number of aliphatic hydroxyl groups excluding tert-OH is 1. The van der Waals surface area contributed by atoms with Crippen molar-refractivity contribution in [1.82, 2.24) is 10.2 Å². The summed E-state index contributed by atoms with van der Waals surface area (Å²) in [4.78, 5) is 2.30. The summed E-state index contributed by atoms with van der Waals surface area (Å²) in [5, 5.41) is 12.7. The van der Waals surface area contributed by atoms with Crippen molar-refractivity contribution in [3.63, 3.8) is 0 Å². The van der Waals surface area contributed by atoms with E-state index in [9.17, 15) is 5.11 Å². The minimum absolute atomic E-state index is 0.106. The van der Waals surface area contributed by atoms with E-state index in [1.54, 1.807) is 7.11 Å². The van der Waals surface area contributed by atoms with Gasteiger partial charge in [-0.05, 0) is 46.8 Å². The van der Waals surface area contributed by atoms with Crippen LogP contribution in [0.25, 0.3) is 0 Å². The normalized spacial score (nSPS) is 17.1. The Morgan fingerprint density at radius 2 is 2.12 bits per heavy atom. The van der Waals surface area contributed by atoms with Crippen molar-refractivity contribution in [3.8, 4) is 0 Å². The van der Waals surface area contributed by atoms with E-state index in [-0.39, 0.29) is 12.1 Å². The molecule has 0 rings (SSSR count). The summed E-state index contributed by atoms with van der Waals surface area (Å²) in [7, 11) is 5.78. The smallest absolute Gasteiger partial charge is 0.0615 e. The molecule has 0 bridgehead atoms. The van der Waals surface area contributed by atoms with Crippen LogP contribution in [-0.2, 0) is 4.74 Å². The van der Waals surface area contributed by atoms with Crippen LogP contribution in [-0.4, -0.2) is 62.6 Å². The fourth-order valence-electron chi connectivity index (χ4n) is 2.00. The zero-order valence-electron chi connectivity index (χ0n) is 12.1. The second-order valence-corrected chi connectivity index (χ2v) is 4.93. The molecule has 0 aliphatic rings. The summed E-state index contributed by atoms with van der Waals surface area (Å²) in [5.74, 6) is 0. The van der Waals surface area contributed by atoms with Crippen LogP contribution in [0.2, 0.25) is 0 Å². The van der Waals surface area contributed by atoms with Crippen molar-refractivity contribution in [3.05, 3.63) is 0 Å². The summed E-state index contributed by atoms with van der Waals surface area (Å²) in [6, 6.07) is 0.444. The molecule has 0 amide bonds. The molecule has 4 heteroatoms. The third-order valence-electron chi connectivity index (χ3n) is 3.84. The van der Waals surface area contributed by atoms with Crippen LogP contribution in [0.3, 0.4) is 0 Å². The number of nitrogens with zero attached hydrogens (tertiary/aromatic N) is 1. The fraction of sp³-hybridized carbons (Fsp3) is 1.00. The Balaban J connectivity index is 3.95. The van der Waals surface area contributed by atoms with Crippen LogP contribution < -0.4 is 5.32 Å². The largest absolute Gasteiger partial charge is 0.394 e. The molecule has 0 fully saturated rings. The van der Waals surface area contributed by atoms with E-state index in [0.717, 1.165) is 32.4 Å². The SMILES string of the molecule is CCC(CO)(CCCN(C)C(C)COC)NC. The van der Waals surface area contributed by atoms with Gasteiger partial charge in [-0.25, -0.2) is 0 Å². The topological polar surface area (TPSA) is 44.7 Å². The average Bonchev–Trinajstić information content (AvgIpc) is 2.35. The molecule has 0 saturated heterocycles. The molecule has 0 heterocycles. The van der Waals surface area contributed by atoms with Crippen LogP contribution in [0.1, 0.15) is 33.1 Å². The van der Waals surface area contributed by atoms with Gasteiger partial charge in [-0.1, -0.05) is 6.92 Å². The first-order valence-corrected chi connectivity index (χ1v) is 6.54. The van der Waals surface area contributed by atoms with Gasteiger partial charge >= 0.3 is 0 Å². The number of aliphatic hydroxyl groups is 1. The van der Waals surface area contributed by atoms with E-state index in [2.05, 4.69) is 31.1 Å². The molecule has 104 valence electrons. The van der Waals surface area contributed by atoms with Crippen LogP contribution in [0.5, 0.6) is 0 Å². The minimum Gasteiger partial charge on any atom is -0.394 e. The summed E-state index contributed by atoms with van der Waals surface area (Å²) in [5.41, 5.74) is -0.106. The van der Waals surface area contributed by atoms with E-state index >= 15 is 0 Å². The van der Waals surface area contributed by atoms with Crippen LogP contribution in [0.15, 0.2) is 0 Å². The zero-order valence-corrected chi connectivity index (χ0v) is 12.1. The van der Waals surface area contributed by atoms with E-state index in [1.165, 1.54) is 0 Å². The highest BCUT2D eigenvalue weighted by molar-refractivity contribution is 4.84. The second-order valence-electron chi connectivity index (χ2n) is 4.93. The average molecular weight is 246 g/mol. The molecule has 0 aliphatic heterocycles. The van der Waals surface area contributed by atoms with Gasteiger partial charge in [0.25, 0.3) is 0 Å². The summed E-state index contributed by atoms with van der Waals surface area (Å²) < 4.78 is 5.14. The van der Waals surface area contributed by atoms with Gasteiger partial charge in [-0.2, -0.15) is 0 Å². The van der Waals surface area contributed by atoms with Crippen molar-refractivity contribution in [2.24, 2.45) is 0 Å². The van der Waals surface area contributed by atoms with Crippen molar-refractivity contribution < 1.29 is 9.84 Å². The van der Waals surface area contributed by atoms with Crippen LogP contribution in [0.4, 0.5) is 0 Å². The van der Waals surface area contributed by atoms with Crippen molar-refractivity contribution in [2.45, 2.75) is 44.7 Å². The number of hydrogen-bond donors (Lipinski definition) is 2. The summed E-state index contributed by atoms with van der Waals surface area (Å²) in [6.07, 6.45) is 3.04. The lowest BCUT2D eigenvalue weighted by Gasteiger charge is -2.32. The molecule has 0 aromatic heterocycles. The number of nitrogens with one attached hydrogen (secondary N) is 1. The highest BCUT2D eigenvalue weighted by Gasteiger charge is 2.24. The Morgan fingerprint density at radius 1 is 1.47 bits per heavy atom. The maximum absolute atomic E-state index is 9.44.